The van der Waals surface area contributed by atoms with Gasteiger partial charge in [-0.05, 0) is 61.7 Å². The van der Waals surface area contributed by atoms with E-state index in [-0.39, 0.29) is 12.5 Å². The van der Waals surface area contributed by atoms with Gasteiger partial charge in [-0.3, -0.25) is 4.79 Å². The van der Waals surface area contributed by atoms with Crippen LogP contribution in [0.15, 0.2) is 36.5 Å². The number of aromatic nitrogens is 4. The summed E-state index contributed by atoms with van der Waals surface area (Å²) in [6, 6.07) is 7.03. The van der Waals surface area contributed by atoms with Gasteiger partial charge in [0.1, 0.15) is 11.3 Å². The Balaban J connectivity index is 1.52. The normalized spacial score (nSPS) is 15.5. The van der Waals surface area contributed by atoms with Crippen molar-refractivity contribution in [2.75, 3.05) is 23.7 Å². The molecular formula is C27H27Cl2F2N7O. The molecule has 0 unspecified atom stereocenters. The Morgan fingerprint density at radius 1 is 1.15 bits per heavy atom. The third-order valence-corrected chi connectivity index (χ3v) is 7.23. The van der Waals surface area contributed by atoms with Gasteiger partial charge in [-0.15, -0.1) is 0 Å². The van der Waals surface area contributed by atoms with Crippen molar-refractivity contribution in [3.8, 4) is 11.4 Å². The SMILES string of the molecule is CCC(=O)Nc1cc(Cl)c(-c2nc3cnc(NCc4ccc(F)c(F)c4)nc3n2C[C@@H]2CCCNC2)c(Cl)c1. The Bertz CT molecular complexity index is 1500. The van der Waals surface area contributed by atoms with Crippen LogP contribution in [-0.4, -0.2) is 38.5 Å². The molecule has 0 bridgehead atoms. The third kappa shape index (κ3) is 6.13. The summed E-state index contributed by atoms with van der Waals surface area (Å²) in [6.45, 7) is 4.43. The van der Waals surface area contributed by atoms with Crippen molar-refractivity contribution in [3.05, 3.63) is 63.8 Å². The average molecular weight is 574 g/mol. The number of nitrogens with zero attached hydrogens (tertiary/aromatic N) is 4. The molecule has 204 valence electrons. The molecule has 0 aliphatic carbocycles. The predicted molar refractivity (Wildman–Crippen MR) is 149 cm³/mol. The van der Waals surface area contributed by atoms with Crippen molar-refractivity contribution < 1.29 is 13.6 Å². The number of carbonyl (C=O) groups excluding carboxylic acids is 1. The molecule has 1 aliphatic heterocycles. The lowest BCUT2D eigenvalue weighted by atomic mass is 9.99. The highest BCUT2D eigenvalue weighted by Gasteiger charge is 2.24. The fourth-order valence-corrected chi connectivity index (χ4v) is 5.30. The molecule has 2 aromatic carbocycles. The Morgan fingerprint density at radius 2 is 1.95 bits per heavy atom. The molecule has 5 rings (SSSR count). The summed E-state index contributed by atoms with van der Waals surface area (Å²) in [4.78, 5) is 25.8. The lowest BCUT2D eigenvalue weighted by Gasteiger charge is -2.24. The molecule has 3 N–H and O–H groups in total. The zero-order valence-electron chi connectivity index (χ0n) is 21.2. The number of benzene rings is 2. The van der Waals surface area contributed by atoms with Crippen LogP contribution in [-0.2, 0) is 17.9 Å². The van der Waals surface area contributed by atoms with Crippen molar-refractivity contribution in [1.29, 1.82) is 0 Å². The van der Waals surface area contributed by atoms with Gasteiger partial charge in [0.05, 0.1) is 21.8 Å². The van der Waals surface area contributed by atoms with Crippen LogP contribution < -0.4 is 16.0 Å². The molecule has 1 fully saturated rings. The Hall–Kier alpha value is -3.34. The first-order valence-electron chi connectivity index (χ1n) is 12.7. The first-order valence-corrected chi connectivity index (χ1v) is 13.5. The van der Waals surface area contributed by atoms with Crippen LogP contribution in [0.5, 0.6) is 0 Å². The van der Waals surface area contributed by atoms with E-state index in [9.17, 15) is 13.6 Å². The molecule has 0 radical (unpaired) electrons. The number of rotatable bonds is 8. The van der Waals surface area contributed by atoms with Gasteiger partial charge in [-0.1, -0.05) is 36.2 Å². The van der Waals surface area contributed by atoms with Crippen LogP contribution in [0, 0.1) is 17.6 Å². The molecule has 4 aromatic rings. The van der Waals surface area contributed by atoms with Gasteiger partial charge < -0.3 is 20.5 Å². The van der Waals surface area contributed by atoms with E-state index in [0.29, 0.717) is 68.7 Å². The minimum atomic E-state index is -0.913. The number of amides is 1. The molecular weight excluding hydrogens is 547 g/mol. The molecule has 1 saturated heterocycles. The number of nitrogens with one attached hydrogen (secondary N) is 3. The largest absolute Gasteiger partial charge is 0.350 e. The van der Waals surface area contributed by atoms with Gasteiger partial charge in [0, 0.05) is 25.2 Å². The number of fused-ring (bicyclic) bond motifs is 1. The van der Waals surface area contributed by atoms with Crippen molar-refractivity contribution in [2.24, 2.45) is 5.92 Å². The number of hydrogen-bond donors (Lipinski definition) is 3. The van der Waals surface area contributed by atoms with E-state index in [1.54, 1.807) is 25.3 Å². The monoisotopic (exact) mass is 573 g/mol. The summed E-state index contributed by atoms with van der Waals surface area (Å²) in [5.74, 6) is -0.760. The fourth-order valence-electron chi connectivity index (χ4n) is 4.64. The van der Waals surface area contributed by atoms with Crippen LogP contribution in [0.1, 0.15) is 31.7 Å². The molecule has 12 heteroatoms. The average Bonchev–Trinajstić information content (AvgIpc) is 3.26. The molecule has 39 heavy (non-hydrogen) atoms. The third-order valence-electron chi connectivity index (χ3n) is 6.63. The smallest absolute Gasteiger partial charge is 0.225 e. The minimum Gasteiger partial charge on any atom is -0.350 e. The summed E-state index contributed by atoms with van der Waals surface area (Å²) in [5.41, 5.74) is 2.74. The van der Waals surface area contributed by atoms with Gasteiger partial charge in [0.2, 0.25) is 11.9 Å². The van der Waals surface area contributed by atoms with E-state index in [0.717, 1.165) is 38.1 Å². The van der Waals surface area contributed by atoms with Gasteiger partial charge in [-0.2, -0.15) is 4.98 Å². The molecule has 1 aliphatic rings. The summed E-state index contributed by atoms with van der Waals surface area (Å²) in [5, 5.41) is 9.99. The highest BCUT2D eigenvalue weighted by molar-refractivity contribution is 6.39. The van der Waals surface area contributed by atoms with E-state index < -0.39 is 11.6 Å². The van der Waals surface area contributed by atoms with Gasteiger partial charge in [-0.25, -0.2) is 18.7 Å². The lowest BCUT2D eigenvalue weighted by molar-refractivity contribution is -0.115. The topological polar surface area (TPSA) is 96.8 Å². The van der Waals surface area contributed by atoms with Gasteiger partial charge >= 0.3 is 0 Å². The summed E-state index contributed by atoms with van der Waals surface area (Å²) in [6.07, 6.45) is 4.04. The van der Waals surface area contributed by atoms with E-state index in [2.05, 4.69) is 20.9 Å². The minimum absolute atomic E-state index is 0.148. The summed E-state index contributed by atoms with van der Waals surface area (Å²) >= 11 is 13.4. The van der Waals surface area contributed by atoms with Crippen molar-refractivity contribution >= 4 is 51.9 Å². The maximum Gasteiger partial charge on any atom is 0.225 e. The number of anilines is 2. The van der Waals surface area contributed by atoms with E-state index in [4.69, 9.17) is 33.2 Å². The molecule has 1 atom stereocenters. The number of piperidine rings is 1. The molecule has 2 aromatic heterocycles. The lowest BCUT2D eigenvalue weighted by Crippen LogP contribution is -2.32. The van der Waals surface area contributed by atoms with Gasteiger partial charge in [0.15, 0.2) is 17.3 Å². The number of hydrogen-bond acceptors (Lipinski definition) is 6. The summed E-state index contributed by atoms with van der Waals surface area (Å²) < 4.78 is 28.9. The van der Waals surface area contributed by atoms with Crippen molar-refractivity contribution in [2.45, 2.75) is 39.3 Å². The first-order chi connectivity index (χ1) is 18.8. The zero-order chi connectivity index (χ0) is 27.5. The molecule has 0 saturated carbocycles. The Labute approximate surface area is 234 Å². The highest BCUT2D eigenvalue weighted by atomic mass is 35.5. The quantitative estimate of drug-likeness (QED) is 0.238. The van der Waals surface area contributed by atoms with Crippen LogP contribution in [0.3, 0.4) is 0 Å². The maximum absolute atomic E-state index is 13.6. The van der Waals surface area contributed by atoms with Gasteiger partial charge in [0.25, 0.3) is 0 Å². The fraction of sp³-hybridized carbons (Fsp3) is 0.333. The molecule has 8 nitrogen and oxygen atoms in total. The highest BCUT2D eigenvalue weighted by Crippen LogP contribution is 2.38. The standard InChI is InChI=1S/C27H27Cl2F2N7O/c1-2-23(39)35-17-9-18(28)24(19(29)10-17)26-36-22-13-34-27(33-12-15-5-6-20(30)21(31)8-15)37-25(22)38(26)14-16-4-3-7-32-11-16/h5-6,8-10,13,16,32H,2-4,7,11-12,14H2,1H3,(H,35,39)(H,33,34,37)/t16-/m1/s1. The molecule has 3 heterocycles. The first kappa shape index (κ1) is 27.2. The van der Waals surface area contributed by atoms with E-state index in [1.165, 1.54) is 6.07 Å². The van der Waals surface area contributed by atoms with Crippen molar-refractivity contribution in [3.63, 3.8) is 0 Å². The Morgan fingerprint density at radius 3 is 2.64 bits per heavy atom. The maximum atomic E-state index is 13.6. The van der Waals surface area contributed by atoms with E-state index in [1.807, 2.05) is 4.57 Å². The second-order valence-electron chi connectivity index (χ2n) is 9.48. The van der Waals surface area contributed by atoms with Crippen LogP contribution in [0.2, 0.25) is 10.0 Å². The van der Waals surface area contributed by atoms with E-state index >= 15 is 0 Å². The second kappa shape index (κ2) is 11.8. The van der Waals surface area contributed by atoms with Crippen LogP contribution in [0.4, 0.5) is 20.4 Å². The Kier molecular flexibility index (Phi) is 8.25. The van der Waals surface area contributed by atoms with Crippen LogP contribution >= 0.6 is 23.2 Å². The number of carbonyl (C=O) groups is 1. The zero-order valence-corrected chi connectivity index (χ0v) is 22.7. The number of imidazole rings is 1. The summed E-state index contributed by atoms with van der Waals surface area (Å²) in [7, 11) is 0. The molecule has 0 spiro atoms. The second-order valence-corrected chi connectivity index (χ2v) is 10.3. The van der Waals surface area contributed by atoms with Crippen LogP contribution in [0.25, 0.3) is 22.6 Å². The van der Waals surface area contributed by atoms with Crippen molar-refractivity contribution in [1.82, 2.24) is 24.8 Å². The number of halogens is 4. The molecule has 1 amide bonds. The predicted octanol–water partition coefficient (Wildman–Crippen LogP) is 6.04.